The molecule has 0 spiro atoms. The number of ether oxygens (including phenoxy) is 1. The van der Waals surface area contributed by atoms with E-state index in [0.717, 1.165) is 10.6 Å². The van der Waals surface area contributed by atoms with E-state index < -0.39 is 23.8 Å². The van der Waals surface area contributed by atoms with Crippen LogP contribution in [-0.2, 0) is 18.9 Å². The summed E-state index contributed by atoms with van der Waals surface area (Å²) in [6.45, 7) is -3.03. The quantitative estimate of drug-likeness (QED) is 0.824. The maximum atomic E-state index is 12.3. The van der Waals surface area contributed by atoms with E-state index in [-0.39, 0.29) is 17.0 Å². The van der Waals surface area contributed by atoms with Crippen LogP contribution in [0.4, 0.5) is 14.5 Å². The fraction of sp³-hybridized carbons (Fsp3) is 0.188. The van der Waals surface area contributed by atoms with E-state index in [4.69, 9.17) is 0 Å². The van der Waals surface area contributed by atoms with Gasteiger partial charge in [0.1, 0.15) is 5.75 Å². The maximum absolute atomic E-state index is 12.3. The van der Waals surface area contributed by atoms with Crippen molar-refractivity contribution in [2.45, 2.75) is 6.61 Å². The number of amides is 1. The molecule has 132 valence electrons. The van der Waals surface area contributed by atoms with Crippen molar-refractivity contribution in [1.82, 2.24) is 9.13 Å². The molecule has 1 heterocycles. The van der Waals surface area contributed by atoms with Gasteiger partial charge in [-0.25, -0.2) is 4.79 Å². The Hall–Kier alpha value is -3.23. The van der Waals surface area contributed by atoms with Gasteiger partial charge < -0.3 is 14.6 Å². The van der Waals surface area contributed by atoms with Crippen LogP contribution in [0, 0.1) is 0 Å². The van der Waals surface area contributed by atoms with Crippen LogP contribution in [0.15, 0.2) is 46.1 Å². The summed E-state index contributed by atoms with van der Waals surface area (Å²) in [7, 11) is 2.79. The highest BCUT2D eigenvalue weighted by Gasteiger charge is 2.10. The highest BCUT2D eigenvalue weighted by atomic mass is 19.3. The van der Waals surface area contributed by atoms with Gasteiger partial charge in [-0.15, -0.1) is 0 Å². The number of alkyl halides is 2. The molecule has 0 aliphatic rings. The molecule has 2 aromatic rings. The van der Waals surface area contributed by atoms with Gasteiger partial charge in [0, 0.05) is 26.4 Å². The first kappa shape index (κ1) is 18.1. The summed E-state index contributed by atoms with van der Waals surface area (Å²) in [5.74, 6) is -0.835. The largest absolute Gasteiger partial charge is 0.433 e. The van der Waals surface area contributed by atoms with Crippen LogP contribution < -0.4 is 21.3 Å². The number of benzene rings is 1. The van der Waals surface area contributed by atoms with Crippen molar-refractivity contribution >= 4 is 17.7 Å². The Bertz CT molecular complexity index is 932. The summed E-state index contributed by atoms with van der Waals surface area (Å²) in [5.41, 5.74) is -0.874. The Kier molecular flexibility index (Phi) is 5.48. The number of anilines is 1. The third-order valence-electron chi connectivity index (χ3n) is 3.25. The molecule has 1 N–H and O–H groups in total. The Morgan fingerprint density at radius 3 is 2.60 bits per heavy atom. The zero-order chi connectivity index (χ0) is 18.6. The molecule has 1 aromatic heterocycles. The average Bonchev–Trinajstić information content (AvgIpc) is 2.56. The predicted octanol–water partition coefficient (Wildman–Crippen LogP) is 1.34. The molecule has 1 amide bonds. The third kappa shape index (κ3) is 4.40. The number of hydrogen-bond acceptors (Lipinski definition) is 4. The Morgan fingerprint density at radius 2 is 1.92 bits per heavy atom. The van der Waals surface area contributed by atoms with Gasteiger partial charge in [-0.1, -0.05) is 12.1 Å². The first-order valence-corrected chi connectivity index (χ1v) is 7.09. The number of nitrogens with zero attached hydrogens (tertiary/aromatic N) is 2. The Morgan fingerprint density at radius 1 is 1.24 bits per heavy atom. The molecule has 0 radical (unpaired) electrons. The lowest BCUT2D eigenvalue weighted by Crippen LogP contribution is -2.37. The molecular formula is C16H15F2N3O4. The van der Waals surface area contributed by atoms with E-state index in [0.29, 0.717) is 0 Å². The number of aromatic nitrogens is 2. The summed E-state index contributed by atoms with van der Waals surface area (Å²) < 4.78 is 31.1. The highest BCUT2D eigenvalue weighted by molar-refractivity contribution is 6.02. The molecule has 0 aliphatic carbocycles. The summed E-state index contributed by atoms with van der Waals surface area (Å²) in [4.78, 5) is 35.5. The van der Waals surface area contributed by atoms with E-state index in [1.165, 1.54) is 49.1 Å². The molecule has 1 aromatic carbocycles. The van der Waals surface area contributed by atoms with Gasteiger partial charge in [-0.2, -0.15) is 8.78 Å². The summed E-state index contributed by atoms with van der Waals surface area (Å²) in [6.07, 6.45) is 3.58. The minimum Gasteiger partial charge on any atom is -0.433 e. The topological polar surface area (TPSA) is 82.3 Å². The Balaban J connectivity index is 2.21. The summed E-state index contributed by atoms with van der Waals surface area (Å²) in [5, 5.41) is 2.38. The monoisotopic (exact) mass is 351 g/mol. The second-order valence-corrected chi connectivity index (χ2v) is 5.04. The van der Waals surface area contributed by atoms with Gasteiger partial charge in [-0.05, 0) is 18.2 Å². The van der Waals surface area contributed by atoms with Crippen LogP contribution in [0.1, 0.15) is 5.56 Å². The van der Waals surface area contributed by atoms with E-state index in [1.807, 2.05) is 0 Å². The van der Waals surface area contributed by atoms with Crippen molar-refractivity contribution in [3.05, 3.63) is 62.9 Å². The van der Waals surface area contributed by atoms with Crippen LogP contribution in [0.2, 0.25) is 0 Å². The van der Waals surface area contributed by atoms with E-state index >= 15 is 0 Å². The number of carbonyl (C=O) groups excluding carboxylic acids is 1. The van der Waals surface area contributed by atoms with Crippen molar-refractivity contribution in [3.8, 4) is 5.75 Å². The van der Waals surface area contributed by atoms with Crippen LogP contribution in [0.3, 0.4) is 0 Å². The lowest BCUT2D eigenvalue weighted by Gasteiger charge is -2.10. The number of hydrogen-bond donors (Lipinski definition) is 1. The van der Waals surface area contributed by atoms with Crippen molar-refractivity contribution in [3.63, 3.8) is 0 Å². The van der Waals surface area contributed by atoms with Gasteiger partial charge >= 0.3 is 12.3 Å². The second-order valence-electron chi connectivity index (χ2n) is 5.04. The zero-order valence-corrected chi connectivity index (χ0v) is 13.4. The third-order valence-corrected chi connectivity index (χ3v) is 3.25. The second kappa shape index (κ2) is 7.56. The molecule has 0 aliphatic heterocycles. The minimum absolute atomic E-state index is 0.0609. The average molecular weight is 351 g/mol. The standard InChI is InChI=1S/C16H15F2N3O4/c1-20-9-10(14(23)21(2)16(20)24)7-8-13(22)19-11-5-3-4-6-12(11)25-15(17)18/h3-9,15H,1-2H3,(H,19,22)/b8-7+. The fourth-order valence-electron chi connectivity index (χ4n) is 2.06. The summed E-state index contributed by atoms with van der Waals surface area (Å²) >= 11 is 0. The zero-order valence-electron chi connectivity index (χ0n) is 13.4. The summed E-state index contributed by atoms with van der Waals surface area (Å²) in [6, 6.07) is 5.71. The molecule has 0 bridgehead atoms. The highest BCUT2D eigenvalue weighted by Crippen LogP contribution is 2.25. The predicted molar refractivity (Wildman–Crippen MR) is 87.7 cm³/mol. The molecule has 9 heteroatoms. The lowest BCUT2D eigenvalue weighted by molar-refractivity contribution is -0.111. The fourth-order valence-corrected chi connectivity index (χ4v) is 2.06. The molecule has 0 saturated carbocycles. The number of para-hydroxylation sites is 2. The molecule has 0 saturated heterocycles. The first-order chi connectivity index (χ1) is 11.8. The lowest BCUT2D eigenvalue weighted by atomic mass is 10.2. The molecular weight excluding hydrogens is 336 g/mol. The Labute approximate surface area is 140 Å². The van der Waals surface area contributed by atoms with Gasteiger partial charge in [0.2, 0.25) is 5.91 Å². The van der Waals surface area contributed by atoms with Crippen molar-refractivity contribution < 1.29 is 18.3 Å². The molecule has 7 nitrogen and oxygen atoms in total. The molecule has 0 fully saturated rings. The van der Waals surface area contributed by atoms with Crippen molar-refractivity contribution in [2.75, 3.05) is 5.32 Å². The number of carbonyl (C=O) groups is 1. The van der Waals surface area contributed by atoms with E-state index in [9.17, 15) is 23.2 Å². The molecule has 25 heavy (non-hydrogen) atoms. The van der Waals surface area contributed by atoms with Crippen LogP contribution in [0.5, 0.6) is 5.75 Å². The van der Waals surface area contributed by atoms with Crippen LogP contribution >= 0.6 is 0 Å². The van der Waals surface area contributed by atoms with Crippen LogP contribution in [0.25, 0.3) is 6.08 Å². The van der Waals surface area contributed by atoms with E-state index in [2.05, 4.69) is 10.1 Å². The number of halogens is 2. The normalized spacial score (nSPS) is 11.1. The first-order valence-electron chi connectivity index (χ1n) is 7.09. The molecule has 0 unspecified atom stereocenters. The van der Waals surface area contributed by atoms with Gasteiger partial charge in [-0.3, -0.25) is 14.2 Å². The van der Waals surface area contributed by atoms with Gasteiger partial charge in [0.25, 0.3) is 5.56 Å². The number of nitrogens with one attached hydrogen (secondary N) is 1. The SMILES string of the molecule is Cn1cc(/C=C/C(=O)Nc2ccccc2OC(F)F)c(=O)n(C)c1=O. The van der Waals surface area contributed by atoms with Crippen molar-refractivity contribution in [2.24, 2.45) is 14.1 Å². The van der Waals surface area contributed by atoms with Gasteiger partial charge in [0.15, 0.2) is 0 Å². The van der Waals surface area contributed by atoms with Crippen molar-refractivity contribution in [1.29, 1.82) is 0 Å². The molecule has 2 rings (SSSR count). The molecule has 0 atom stereocenters. The number of rotatable bonds is 5. The smallest absolute Gasteiger partial charge is 0.387 e. The van der Waals surface area contributed by atoms with Gasteiger partial charge in [0.05, 0.1) is 11.3 Å². The van der Waals surface area contributed by atoms with Crippen LogP contribution in [-0.4, -0.2) is 21.7 Å². The maximum Gasteiger partial charge on any atom is 0.387 e. The number of aryl methyl sites for hydroxylation is 1. The minimum atomic E-state index is -3.03. The van der Waals surface area contributed by atoms with E-state index in [1.54, 1.807) is 6.07 Å².